The van der Waals surface area contributed by atoms with E-state index in [0.717, 1.165) is 17.9 Å². The maximum atomic E-state index is 13.1. The summed E-state index contributed by atoms with van der Waals surface area (Å²) in [6.45, 7) is 3.71. The molecule has 9 heteroatoms. The molecule has 4 rings (SSSR count). The number of amides is 2. The van der Waals surface area contributed by atoms with Crippen LogP contribution in [0.1, 0.15) is 21.8 Å². The first-order chi connectivity index (χ1) is 14.1. The molecular weight excluding hydrogens is 406 g/mol. The molecule has 2 saturated heterocycles. The molecule has 0 radical (unpaired) electrons. The Morgan fingerprint density at radius 2 is 1.73 bits per heavy atom. The van der Waals surface area contributed by atoms with Gasteiger partial charge in [-0.1, -0.05) is 0 Å². The highest BCUT2D eigenvalue weighted by molar-refractivity contribution is 5.94. The Labute approximate surface area is 182 Å². The van der Waals surface area contributed by atoms with Crippen molar-refractivity contribution in [3.63, 3.8) is 0 Å². The van der Waals surface area contributed by atoms with Crippen molar-refractivity contribution in [1.82, 2.24) is 24.9 Å². The van der Waals surface area contributed by atoms with Crippen molar-refractivity contribution in [3.8, 4) is 5.75 Å². The fourth-order valence-electron chi connectivity index (χ4n) is 4.20. The third-order valence-electron chi connectivity index (χ3n) is 5.90. The van der Waals surface area contributed by atoms with Gasteiger partial charge in [-0.2, -0.15) is 5.10 Å². The van der Waals surface area contributed by atoms with Crippen LogP contribution in [-0.2, 0) is 11.8 Å². The van der Waals surface area contributed by atoms with E-state index in [4.69, 9.17) is 4.74 Å². The maximum absolute atomic E-state index is 13.1. The van der Waals surface area contributed by atoms with Gasteiger partial charge in [-0.15, -0.1) is 12.4 Å². The number of nitrogens with one attached hydrogen (secondary N) is 1. The number of nitrogens with zero attached hydrogens (tertiary/aromatic N) is 4. The third-order valence-corrected chi connectivity index (χ3v) is 5.90. The standard InChI is InChI=1S/C21H27N5O3.ClH/c1-24-14-16(11-23-24)18-12-22-13-19(18)21(28)26-9-7-25(8-10-26)20(27)15-3-5-17(29-2)6-4-15;/h3-6,11,14,18-19,22H,7-10,12-13H2,1-2H3;1H/t18-,19+;/m1./s1. The number of carbonyl (C=O) groups is 2. The number of aromatic nitrogens is 2. The van der Waals surface area contributed by atoms with E-state index in [0.29, 0.717) is 38.3 Å². The van der Waals surface area contributed by atoms with Crippen molar-refractivity contribution in [2.45, 2.75) is 5.92 Å². The Morgan fingerprint density at radius 1 is 1.07 bits per heavy atom. The molecule has 0 bridgehead atoms. The van der Waals surface area contributed by atoms with E-state index in [1.165, 1.54) is 0 Å². The highest BCUT2D eigenvalue weighted by Gasteiger charge is 2.38. The van der Waals surface area contributed by atoms with Crippen LogP contribution in [0, 0.1) is 5.92 Å². The van der Waals surface area contributed by atoms with Crippen LogP contribution in [0.3, 0.4) is 0 Å². The van der Waals surface area contributed by atoms with Crippen molar-refractivity contribution in [2.75, 3.05) is 46.4 Å². The summed E-state index contributed by atoms with van der Waals surface area (Å²) in [4.78, 5) is 29.6. The number of halogens is 1. The van der Waals surface area contributed by atoms with Gasteiger partial charge in [0, 0.05) is 64.0 Å². The fraction of sp³-hybridized carbons (Fsp3) is 0.476. The highest BCUT2D eigenvalue weighted by Crippen LogP contribution is 2.29. The first-order valence-electron chi connectivity index (χ1n) is 9.98. The Kier molecular flexibility index (Phi) is 6.99. The van der Waals surface area contributed by atoms with Gasteiger partial charge < -0.3 is 19.9 Å². The Morgan fingerprint density at radius 3 is 2.33 bits per heavy atom. The second kappa shape index (κ2) is 9.49. The molecule has 162 valence electrons. The predicted octanol–water partition coefficient (Wildman–Crippen LogP) is 1.14. The predicted molar refractivity (Wildman–Crippen MR) is 115 cm³/mol. The summed E-state index contributed by atoms with van der Waals surface area (Å²) in [6.07, 6.45) is 3.84. The van der Waals surface area contributed by atoms with Gasteiger partial charge in [0.25, 0.3) is 5.91 Å². The molecule has 2 aliphatic rings. The van der Waals surface area contributed by atoms with Crippen LogP contribution in [-0.4, -0.2) is 77.8 Å². The third kappa shape index (κ3) is 4.44. The zero-order valence-electron chi connectivity index (χ0n) is 17.3. The molecule has 0 unspecified atom stereocenters. The number of hydrogen-bond donors (Lipinski definition) is 1. The maximum Gasteiger partial charge on any atom is 0.253 e. The average Bonchev–Trinajstić information content (AvgIpc) is 3.42. The summed E-state index contributed by atoms with van der Waals surface area (Å²) in [5.74, 6) is 0.958. The lowest BCUT2D eigenvalue weighted by Gasteiger charge is -2.36. The molecule has 2 atom stereocenters. The number of aryl methyl sites for hydroxylation is 1. The van der Waals surface area contributed by atoms with Gasteiger partial charge in [0.15, 0.2) is 0 Å². The zero-order valence-corrected chi connectivity index (χ0v) is 18.1. The summed E-state index contributed by atoms with van der Waals surface area (Å²) in [5, 5.41) is 7.60. The summed E-state index contributed by atoms with van der Waals surface area (Å²) >= 11 is 0. The lowest BCUT2D eigenvalue weighted by atomic mass is 9.89. The van der Waals surface area contributed by atoms with Gasteiger partial charge in [0.1, 0.15) is 5.75 Å². The largest absolute Gasteiger partial charge is 0.497 e. The molecule has 2 aliphatic heterocycles. The van der Waals surface area contributed by atoms with Crippen LogP contribution >= 0.6 is 12.4 Å². The van der Waals surface area contributed by atoms with Crippen LogP contribution in [0.5, 0.6) is 5.75 Å². The summed E-state index contributed by atoms with van der Waals surface area (Å²) < 4.78 is 6.92. The number of carbonyl (C=O) groups excluding carboxylic acids is 2. The summed E-state index contributed by atoms with van der Waals surface area (Å²) in [6, 6.07) is 7.14. The highest BCUT2D eigenvalue weighted by atomic mass is 35.5. The van der Waals surface area contributed by atoms with E-state index < -0.39 is 0 Å². The van der Waals surface area contributed by atoms with Gasteiger partial charge in [-0.3, -0.25) is 14.3 Å². The van der Waals surface area contributed by atoms with Gasteiger partial charge in [0.05, 0.1) is 19.2 Å². The topological polar surface area (TPSA) is 79.7 Å². The number of methoxy groups -OCH3 is 1. The van der Waals surface area contributed by atoms with Crippen LogP contribution in [0.25, 0.3) is 0 Å². The number of rotatable bonds is 4. The second-order valence-corrected chi connectivity index (χ2v) is 7.66. The van der Waals surface area contributed by atoms with Gasteiger partial charge >= 0.3 is 0 Å². The molecule has 1 aromatic heterocycles. The molecule has 3 heterocycles. The number of piperazine rings is 1. The second-order valence-electron chi connectivity index (χ2n) is 7.66. The minimum Gasteiger partial charge on any atom is -0.497 e. The minimum absolute atomic E-state index is 0. The monoisotopic (exact) mass is 433 g/mol. The normalized spacial score (nSPS) is 21.3. The first kappa shape index (κ1) is 22.1. The Bertz CT molecular complexity index is 877. The molecule has 8 nitrogen and oxygen atoms in total. The Balaban J connectivity index is 0.00000256. The van der Waals surface area contributed by atoms with Crippen molar-refractivity contribution < 1.29 is 14.3 Å². The molecule has 0 saturated carbocycles. The molecule has 1 N–H and O–H groups in total. The van der Waals surface area contributed by atoms with Crippen molar-refractivity contribution in [3.05, 3.63) is 47.8 Å². The summed E-state index contributed by atoms with van der Waals surface area (Å²) in [5.41, 5.74) is 1.74. The van der Waals surface area contributed by atoms with E-state index >= 15 is 0 Å². The molecular formula is C21H28ClN5O3. The molecule has 2 aromatic rings. The molecule has 0 spiro atoms. The van der Waals surface area contributed by atoms with E-state index in [1.54, 1.807) is 36.1 Å². The van der Waals surface area contributed by atoms with E-state index in [2.05, 4.69) is 10.4 Å². The molecule has 2 fully saturated rings. The van der Waals surface area contributed by atoms with Crippen molar-refractivity contribution in [1.29, 1.82) is 0 Å². The molecule has 1 aromatic carbocycles. The van der Waals surface area contributed by atoms with Gasteiger partial charge in [-0.25, -0.2) is 0 Å². The van der Waals surface area contributed by atoms with Gasteiger partial charge in [-0.05, 0) is 29.8 Å². The number of hydrogen-bond acceptors (Lipinski definition) is 5. The van der Waals surface area contributed by atoms with Crippen LogP contribution in [0.4, 0.5) is 0 Å². The number of ether oxygens (including phenoxy) is 1. The Hall–Kier alpha value is -2.58. The van der Waals surface area contributed by atoms with E-state index in [-0.39, 0.29) is 36.1 Å². The number of benzene rings is 1. The van der Waals surface area contributed by atoms with Crippen molar-refractivity contribution >= 4 is 24.2 Å². The SMILES string of the molecule is COc1ccc(C(=O)N2CCN(C(=O)[C@H]3CNC[C@@H]3c3cnn(C)c3)CC2)cc1.Cl. The zero-order chi connectivity index (χ0) is 20.4. The first-order valence-corrected chi connectivity index (χ1v) is 9.98. The summed E-state index contributed by atoms with van der Waals surface area (Å²) in [7, 11) is 3.49. The fourth-order valence-corrected chi connectivity index (χ4v) is 4.20. The minimum atomic E-state index is -0.0805. The lowest BCUT2D eigenvalue weighted by molar-refractivity contribution is -0.136. The van der Waals surface area contributed by atoms with E-state index in [9.17, 15) is 9.59 Å². The molecule has 2 amide bonds. The van der Waals surface area contributed by atoms with E-state index in [1.807, 2.05) is 29.2 Å². The van der Waals surface area contributed by atoms with Gasteiger partial charge in [0.2, 0.25) is 5.91 Å². The quantitative estimate of drug-likeness (QED) is 0.782. The lowest BCUT2D eigenvalue weighted by Crippen LogP contribution is -2.52. The average molecular weight is 434 g/mol. The van der Waals surface area contributed by atoms with Crippen LogP contribution in [0.15, 0.2) is 36.7 Å². The van der Waals surface area contributed by atoms with Crippen molar-refractivity contribution in [2.24, 2.45) is 13.0 Å². The van der Waals surface area contributed by atoms with Crippen LogP contribution < -0.4 is 10.1 Å². The molecule has 0 aliphatic carbocycles. The van der Waals surface area contributed by atoms with Crippen LogP contribution in [0.2, 0.25) is 0 Å². The molecule has 30 heavy (non-hydrogen) atoms. The smallest absolute Gasteiger partial charge is 0.253 e.